The first-order valence-corrected chi connectivity index (χ1v) is 13.0. The molecule has 2 aromatic rings. The lowest BCUT2D eigenvalue weighted by Crippen LogP contribution is -2.56. The van der Waals surface area contributed by atoms with Gasteiger partial charge in [-0.25, -0.2) is 18.7 Å². The zero-order valence-corrected chi connectivity index (χ0v) is 20.1. The Hall–Kier alpha value is -2.67. The standard InChI is InChI=1S/C24H26F3NO7S/c25-24(26,27)17-4-6-18(7-5-17)34-19-8-10-20(11-9-19)36(30,31)23(12-15-32-16-13-23)22(29)28-35-21-3-1-2-14-33-21/h4-11,21H,1-3,12-16H2,(H,28,29). The van der Waals surface area contributed by atoms with E-state index in [4.69, 9.17) is 19.0 Å². The number of hydrogen-bond donors (Lipinski definition) is 1. The average Bonchev–Trinajstić information content (AvgIpc) is 2.88. The van der Waals surface area contributed by atoms with Crippen LogP contribution >= 0.6 is 0 Å². The van der Waals surface area contributed by atoms with Crippen molar-refractivity contribution in [1.82, 2.24) is 5.48 Å². The van der Waals surface area contributed by atoms with Gasteiger partial charge in [0.2, 0.25) is 0 Å². The summed E-state index contributed by atoms with van der Waals surface area (Å²) in [6.07, 6.45) is -2.86. The Morgan fingerprint density at radius 2 is 1.56 bits per heavy atom. The molecule has 2 aliphatic heterocycles. The smallest absolute Gasteiger partial charge is 0.416 e. The first kappa shape index (κ1) is 26.4. The van der Waals surface area contributed by atoms with Crippen molar-refractivity contribution in [3.05, 3.63) is 54.1 Å². The highest BCUT2D eigenvalue weighted by Gasteiger charge is 2.52. The lowest BCUT2D eigenvalue weighted by molar-refractivity contribution is -0.202. The summed E-state index contributed by atoms with van der Waals surface area (Å²) in [5.74, 6) is -0.414. The van der Waals surface area contributed by atoms with Gasteiger partial charge in [-0.1, -0.05) is 0 Å². The summed E-state index contributed by atoms with van der Waals surface area (Å²) in [5.41, 5.74) is 1.48. The van der Waals surface area contributed by atoms with Crippen molar-refractivity contribution < 1.29 is 45.4 Å². The van der Waals surface area contributed by atoms with Gasteiger partial charge in [-0.2, -0.15) is 13.2 Å². The van der Waals surface area contributed by atoms with Crippen LogP contribution in [0.3, 0.4) is 0 Å². The number of sulfone groups is 1. The molecule has 4 rings (SSSR count). The molecule has 0 aromatic heterocycles. The van der Waals surface area contributed by atoms with Gasteiger partial charge in [0.05, 0.1) is 10.5 Å². The summed E-state index contributed by atoms with van der Waals surface area (Å²) in [4.78, 5) is 18.4. The molecule has 2 aromatic carbocycles. The Labute approximate surface area is 206 Å². The Morgan fingerprint density at radius 1 is 0.944 bits per heavy atom. The molecule has 8 nitrogen and oxygen atoms in total. The van der Waals surface area contributed by atoms with E-state index in [1.165, 1.54) is 36.4 Å². The van der Waals surface area contributed by atoms with Crippen LogP contribution in [0.5, 0.6) is 11.5 Å². The van der Waals surface area contributed by atoms with Crippen molar-refractivity contribution in [1.29, 1.82) is 0 Å². The van der Waals surface area contributed by atoms with E-state index >= 15 is 0 Å². The molecule has 196 valence electrons. The summed E-state index contributed by atoms with van der Waals surface area (Å²) in [5, 5.41) is 0. The van der Waals surface area contributed by atoms with Crippen molar-refractivity contribution in [2.24, 2.45) is 0 Å². The molecule has 2 heterocycles. The number of halogens is 3. The molecule has 1 amide bonds. The van der Waals surface area contributed by atoms with Crippen LogP contribution < -0.4 is 10.2 Å². The number of nitrogens with one attached hydrogen (secondary N) is 1. The maximum atomic E-state index is 13.7. The van der Waals surface area contributed by atoms with Gasteiger partial charge in [-0.15, -0.1) is 0 Å². The van der Waals surface area contributed by atoms with Gasteiger partial charge in [-0.05, 0) is 74.2 Å². The van der Waals surface area contributed by atoms with E-state index in [1.807, 2.05) is 0 Å². The Bertz CT molecular complexity index is 1140. The molecule has 0 spiro atoms. The van der Waals surface area contributed by atoms with Crippen LogP contribution in [-0.2, 0) is 35.1 Å². The molecule has 2 fully saturated rings. The van der Waals surface area contributed by atoms with E-state index in [2.05, 4.69) is 5.48 Å². The zero-order valence-electron chi connectivity index (χ0n) is 19.3. The highest BCUT2D eigenvalue weighted by molar-refractivity contribution is 7.93. The van der Waals surface area contributed by atoms with E-state index in [0.29, 0.717) is 13.0 Å². The Morgan fingerprint density at radius 3 is 2.11 bits per heavy atom. The highest BCUT2D eigenvalue weighted by atomic mass is 32.2. The molecule has 1 atom stereocenters. The fourth-order valence-corrected chi connectivity index (χ4v) is 6.03. The molecular weight excluding hydrogens is 503 g/mol. The lowest BCUT2D eigenvalue weighted by Gasteiger charge is -2.35. The van der Waals surface area contributed by atoms with Crippen LogP contribution in [0, 0.1) is 0 Å². The predicted octanol–water partition coefficient (Wildman–Crippen LogP) is 4.40. The second kappa shape index (κ2) is 10.8. The fourth-order valence-electron chi connectivity index (χ4n) is 4.10. The third kappa shape index (κ3) is 5.66. The van der Waals surface area contributed by atoms with E-state index in [9.17, 15) is 26.4 Å². The van der Waals surface area contributed by atoms with Crippen molar-refractivity contribution in [2.45, 2.75) is 54.2 Å². The largest absolute Gasteiger partial charge is 0.457 e. The number of amides is 1. The van der Waals surface area contributed by atoms with Crippen LogP contribution in [0.4, 0.5) is 13.2 Å². The first-order chi connectivity index (χ1) is 17.1. The Balaban J connectivity index is 1.49. The molecule has 2 saturated heterocycles. The number of carbonyl (C=O) groups excluding carboxylic acids is 1. The summed E-state index contributed by atoms with van der Waals surface area (Å²) in [6.45, 7) is 0.669. The minimum atomic E-state index is -4.46. The maximum Gasteiger partial charge on any atom is 0.416 e. The normalized spacial score (nSPS) is 20.5. The number of rotatable bonds is 7. The van der Waals surface area contributed by atoms with Crippen molar-refractivity contribution in [3.63, 3.8) is 0 Å². The van der Waals surface area contributed by atoms with E-state index in [1.54, 1.807) is 0 Å². The van der Waals surface area contributed by atoms with Crippen molar-refractivity contribution in [2.75, 3.05) is 19.8 Å². The topological polar surface area (TPSA) is 100 Å². The predicted molar refractivity (Wildman–Crippen MR) is 121 cm³/mol. The molecule has 0 radical (unpaired) electrons. The lowest BCUT2D eigenvalue weighted by atomic mass is 9.98. The monoisotopic (exact) mass is 529 g/mol. The summed E-state index contributed by atoms with van der Waals surface area (Å²) in [7, 11) is -4.18. The minimum Gasteiger partial charge on any atom is -0.457 e. The molecule has 12 heteroatoms. The van der Waals surface area contributed by atoms with E-state index < -0.39 is 38.5 Å². The van der Waals surface area contributed by atoms with Gasteiger partial charge in [0, 0.05) is 26.2 Å². The number of benzene rings is 2. The van der Waals surface area contributed by atoms with Crippen molar-refractivity contribution >= 4 is 15.7 Å². The summed E-state index contributed by atoms with van der Waals surface area (Å²) >= 11 is 0. The molecule has 36 heavy (non-hydrogen) atoms. The van der Waals surface area contributed by atoms with Crippen LogP contribution in [0.1, 0.15) is 37.7 Å². The van der Waals surface area contributed by atoms with Crippen LogP contribution in [0.15, 0.2) is 53.4 Å². The van der Waals surface area contributed by atoms with Gasteiger partial charge in [0.15, 0.2) is 20.9 Å². The first-order valence-electron chi connectivity index (χ1n) is 11.5. The van der Waals surface area contributed by atoms with Gasteiger partial charge in [0.25, 0.3) is 5.91 Å². The molecule has 2 aliphatic rings. The second-order valence-corrected chi connectivity index (χ2v) is 10.8. The second-order valence-electron chi connectivity index (χ2n) is 8.55. The number of ether oxygens (including phenoxy) is 3. The van der Waals surface area contributed by atoms with Crippen LogP contribution in [0.25, 0.3) is 0 Å². The van der Waals surface area contributed by atoms with Gasteiger partial charge in [-0.3, -0.25) is 4.79 Å². The molecule has 0 aliphatic carbocycles. The zero-order chi connectivity index (χ0) is 25.8. The quantitative estimate of drug-likeness (QED) is 0.531. The summed E-state index contributed by atoms with van der Waals surface area (Å²) in [6, 6.07) is 9.47. The minimum absolute atomic E-state index is 0.0557. The van der Waals surface area contributed by atoms with Gasteiger partial charge >= 0.3 is 6.18 Å². The molecular formula is C24H26F3NO7S. The van der Waals surface area contributed by atoms with E-state index in [0.717, 1.165) is 25.0 Å². The van der Waals surface area contributed by atoms with E-state index in [-0.39, 0.29) is 42.4 Å². The fraction of sp³-hybridized carbons (Fsp3) is 0.458. The van der Waals surface area contributed by atoms with Crippen LogP contribution in [-0.4, -0.2) is 45.2 Å². The molecule has 0 bridgehead atoms. The SMILES string of the molecule is O=C(NOC1CCCCO1)C1(S(=O)(=O)c2ccc(Oc3ccc(C(F)(F)F)cc3)cc2)CCOCC1. The molecule has 0 saturated carbocycles. The molecule has 1 unspecified atom stereocenters. The van der Waals surface area contributed by atoms with Crippen molar-refractivity contribution in [3.8, 4) is 11.5 Å². The van der Waals surface area contributed by atoms with Gasteiger partial charge in [0.1, 0.15) is 11.5 Å². The number of hydroxylamine groups is 1. The number of alkyl halides is 3. The number of carbonyl (C=O) groups is 1. The average molecular weight is 530 g/mol. The third-order valence-corrected chi connectivity index (χ3v) is 8.72. The molecule has 1 N–H and O–H groups in total. The number of hydrogen-bond acceptors (Lipinski definition) is 7. The Kier molecular flexibility index (Phi) is 7.88. The van der Waals surface area contributed by atoms with Crippen LogP contribution in [0.2, 0.25) is 0 Å². The third-order valence-electron chi connectivity index (χ3n) is 6.20. The summed E-state index contributed by atoms with van der Waals surface area (Å²) < 4.78 is 80.0. The highest BCUT2D eigenvalue weighted by Crippen LogP contribution is 2.37. The van der Waals surface area contributed by atoms with Gasteiger partial charge < -0.3 is 14.2 Å². The maximum absolute atomic E-state index is 13.7.